The van der Waals surface area contributed by atoms with Crippen LogP contribution in [0.2, 0.25) is 0 Å². The van der Waals surface area contributed by atoms with Gasteiger partial charge in [0.2, 0.25) is 0 Å². The minimum absolute atomic E-state index is 0. The summed E-state index contributed by atoms with van der Waals surface area (Å²) in [4.78, 5) is 10.8. The van der Waals surface area contributed by atoms with Gasteiger partial charge in [-0.3, -0.25) is 6.08 Å². The van der Waals surface area contributed by atoms with E-state index in [1.165, 1.54) is 27.1 Å². The fraction of sp³-hybridized carbons (Fsp3) is 0.258. The normalized spacial score (nSPS) is 13.4. The van der Waals surface area contributed by atoms with Gasteiger partial charge in [-0.2, -0.15) is 11.1 Å². The van der Waals surface area contributed by atoms with Crippen molar-refractivity contribution in [3.63, 3.8) is 0 Å². The van der Waals surface area contributed by atoms with Crippen LogP contribution >= 0.6 is 0 Å². The number of rotatable bonds is 4. The second-order valence-electron chi connectivity index (χ2n) is 8.73. The van der Waals surface area contributed by atoms with E-state index in [1.807, 2.05) is 26.0 Å². The van der Waals surface area contributed by atoms with Crippen molar-refractivity contribution in [1.29, 1.82) is 0 Å². The first-order chi connectivity index (χ1) is 16.2. The first kappa shape index (κ1) is 37.4. The third-order valence-electron chi connectivity index (χ3n) is 5.90. The van der Waals surface area contributed by atoms with Crippen LogP contribution in [0.3, 0.4) is 0 Å². The SMILES string of the molecule is CC(C)c1ccccc1C([NH-])=O.CC1=[C-]C(C)C(C)=C1C.[Cl-].[Cl-].[Hf+4].c1ccc([Si]c2ccccc2)cc1. The van der Waals surface area contributed by atoms with Crippen molar-refractivity contribution in [2.45, 2.75) is 47.5 Å². The Labute approximate surface area is 257 Å². The summed E-state index contributed by atoms with van der Waals surface area (Å²) >= 11 is 0. The zero-order valence-electron chi connectivity index (χ0n) is 22.4. The Hall–Kier alpha value is -1.72. The molecule has 1 unspecified atom stereocenters. The molecule has 6 heteroatoms. The van der Waals surface area contributed by atoms with E-state index in [9.17, 15) is 4.79 Å². The van der Waals surface area contributed by atoms with Gasteiger partial charge in [-0.25, -0.2) is 5.57 Å². The molecule has 0 saturated heterocycles. The number of allylic oxidation sites excluding steroid dienone is 4. The number of hydrogen-bond acceptors (Lipinski definition) is 1. The zero-order valence-corrected chi connectivity index (χ0v) is 28.5. The minimum atomic E-state index is -0.598. The maximum absolute atomic E-state index is 10.8. The van der Waals surface area contributed by atoms with E-state index in [-0.39, 0.29) is 50.7 Å². The smallest absolute Gasteiger partial charge is 1.00 e. The molecule has 1 aliphatic carbocycles. The molecule has 3 aromatic rings. The van der Waals surface area contributed by atoms with Crippen LogP contribution in [0.4, 0.5) is 0 Å². The molecule has 2 nitrogen and oxygen atoms in total. The first-order valence-corrected chi connectivity index (χ1v) is 12.7. The summed E-state index contributed by atoms with van der Waals surface area (Å²) in [5.41, 5.74) is 12.7. The molecule has 0 saturated carbocycles. The molecule has 0 fully saturated rings. The third kappa shape index (κ3) is 12.6. The van der Waals surface area contributed by atoms with Crippen molar-refractivity contribution in [3.8, 4) is 0 Å². The van der Waals surface area contributed by atoms with Gasteiger partial charge in [0.1, 0.15) is 9.52 Å². The van der Waals surface area contributed by atoms with Crippen molar-refractivity contribution < 1.29 is 55.5 Å². The van der Waals surface area contributed by atoms with Gasteiger partial charge in [-0.1, -0.05) is 136 Å². The van der Waals surface area contributed by atoms with Gasteiger partial charge < -0.3 is 35.3 Å². The summed E-state index contributed by atoms with van der Waals surface area (Å²) in [5, 5.41) is 2.79. The van der Waals surface area contributed by atoms with Crippen LogP contribution in [-0.2, 0) is 25.8 Å². The van der Waals surface area contributed by atoms with Crippen molar-refractivity contribution >= 4 is 25.8 Å². The molecule has 0 aromatic heterocycles. The summed E-state index contributed by atoms with van der Waals surface area (Å²) in [6.45, 7) is 12.7. The molecule has 37 heavy (non-hydrogen) atoms. The number of hydrogen-bond donors (Lipinski definition) is 0. The van der Waals surface area contributed by atoms with Gasteiger partial charge in [0, 0.05) is 5.56 Å². The molecule has 0 aliphatic heterocycles. The van der Waals surface area contributed by atoms with Crippen LogP contribution in [0.15, 0.2) is 102 Å². The number of amides is 1. The second-order valence-corrected chi connectivity index (χ2v) is 10.1. The monoisotopic (exact) mass is 715 g/mol. The Bertz CT molecular complexity index is 1090. The van der Waals surface area contributed by atoms with Gasteiger partial charge in [0.05, 0.1) is 5.91 Å². The van der Waals surface area contributed by atoms with E-state index < -0.39 is 5.91 Å². The van der Waals surface area contributed by atoms with E-state index in [2.05, 4.69) is 94.4 Å². The predicted molar refractivity (Wildman–Crippen MR) is 147 cm³/mol. The molecule has 2 radical (unpaired) electrons. The topological polar surface area (TPSA) is 40.9 Å². The molecule has 1 atom stereocenters. The van der Waals surface area contributed by atoms with E-state index in [1.54, 1.807) is 12.1 Å². The van der Waals surface area contributed by atoms with E-state index in [0.29, 0.717) is 17.4 Å². The number of carbonyl (C=O) groups is 1. The summed E-state index contributed by atoms with van der Waals surface area (Å²) in [5.74, 6) is 0.264. The number of nitrogens with one attached hydrogen (secondary N) is 1. The van der Waals surface area contributed by atoms with Crippen molar-refractivity contribution in [3.05, 3.63) is 125 Å². The molecule has 1 N–H and O–H groups in total. The van der Waals surface area contributed by atoms with Crippen molar-refractivity contribution in [2.24, 2.45) is 5.92 Å². The van der Waals surface area contributed by atoms with Crippen LogP contribution in [0.25, 0.3) is 5.73 Å². The van der Waals surface area contributed by atoms with Gasteiger partial charge in [0.15, 0.2) is 0 Å². The Kier molecular flexibility index (Phi) is 19.6. The maximum atomic E-state index is 10.8. The Balaban J connectivity index is 0. The maximum Gasteiger partial charge on any atom is 4.00 e. The fourth-order valence-corrected chi connectivity index (χ4v) is 4.63. The van der Waals surface area contributed by atoms with Crippen LogP contribution in [0, 0.1) is 12.0 Å². The molecule has 0 heterocycles. The van der Waals surface area contributed by atoms with Crippen LogP contribution < -0.4 is 35.2 Å². The average molecular weight is 715 g/mol. The summed E-state index contributed by atoms with van der Waals surface area (Å²) in [6.07, 6.45) is 3.36. The second kappa shape index (κ2) is 19.4. The van der Waals surface area contributed by atoms with Crippen molar-refractivity contribution in [2.75, 3.05) is 0 Å². The molecule has 3 aromatic carbocycles. The number of halogens is 2. The predicted octanol–water partition coefficient (Wildman–Crippen LogP) is 1.07. The van der Waals surface area contributed by atoms with Gasteiger partial charge in [0.25, 0.3) is 0 Å². The number of carbonyl (C=O) groups excluding carboxylic acids is 1. The quantitative estimate of drug-likeness (QED) is 0.295. The summed E-state index contributed by atoms with van der Waals surface area (Å²) in [6, 6.07) is 28.4. The van der Waals surface area contributed by atoms with Crippen LogP contribution in [0.1, 0.15) is 63.4 Å². The molecule has 4 rings (SSSR count). The Morgan fingerprint density at radius 2 is 1.24 bits per heavy atom. The molecule has 1 amide bonds. The molecular weight excluding hydrogens is 680 g/mol. The van der Waals surface area contributed by atoms with E-state index in [0.717, 1.165) is 15.1 Å². The van der Waals surface area contributed by atoms with Crippen LogP contribution in [-0.4, -0.2) is 15.4 Å². The zero-order chi connectivity index (χ0) is 25.1. The third-order valence-corrected chi connectivity index (χ3v) is 7.14. The molecule has 0 spiro atoms. The molecular formula is C31H35Cl2HfNOSi. The largest absolute Gasteiger partial charge is 4.00 e. The van der Waals surface area contributed by atoms with Gasteiger partial charge >= 0.3 is 25.8 Å². The summed E-state index contributed by atoms with van der Waals surface area (Å²) in [7, 11) is 0.777. The minimum Gasteiger partial charge on any atom is -1.00 e. The first-order valence-electron chi connectivity index (χ1n) is 11.7. The standard InChI is InChI=1S/C12H10Si.C10H13NO.C9H13.2ClH.Hf/c1-3-7-11(8-4-1)13-12-9-5-2-6-10-12;1-7(2)8-5-3-4-6-9(8)10(11)12;1-6-5-7(2)9(4)8(6)3;;;/h1-10H;3-7H,1-2H3,(H2,11,12);6H,1-4H3;2*1H;/q;;-1;;;+4/p-3. The average Bonchev–Trinajstić information content (AvgIpc) is 3.06. The summed E-state index contributed by atoms with van der Waals surface area (Å²) < 4.78 is 0. The Morgan fingerprint density at radius 3 is 1.54 bits per heavy atom. The van der Waals surface area contributed by atoms with Gasteiger partial charge in [-0.15, -0.1) is 6.92 Å². The molecule has 192 valence electrons. The van der Waals surface area contributed by atoms with E-state index in [4.69, 9.17) is 5.73 Å². The fourth-order valence-electron chi connectivity index (χ4n) is 3.58. The van der Waals surface area contributed by atoms with Crippen molar-refractivity contribution in [1.82, 2.24) is 0 Å². The van der Waals surface area contributed by atoms with E-state index >= 15 is 0 Å². The molecule has 1 aliphatic rings. The van der Waals surface area contributed by atoms with Gasteiger partial charge in [-0.05, 0) is 11.5 Å². The Morgan fingerprint density at radius 1 is 0.811 bits per heavy atom. The molecule has 0 bridgehead atoms. The number of benzene rings is 3. The van der Waals surface area contributed by atoms with Crippen LogP contribution in [0.5, 0.6) is 0 Å².